The molecule has 1 N–H and O–H groups in total. The Labute approximate surface area is 133 Å². The Bertz CT molecular complexity index is 530. The SMILES string of the molecule is C[C@@H](NC(=O)[C@@H]1CSCN1C(=O)C1CCCC1)c1ncon1. The maximum Gasteiger partial charge on any atom is 0.244 e. The van der Waals surface area contributed by atoms with Gasteiger partial charge in [0.15, 0.2) is 5.82 Å². The molecule has 3 rings (SSSR count). The molecule has 0 bridgehead atoms. The average Bonchev–Trinajstić information content (AvgIpc) is 3.27. The van der Waals surface area contributed by atoms with Crippen LogP contribution in [0.25, 0.3) is 0 Å². The number of carbonyl (C=O) groups is 2. The lowest BCUT2D eigenvalue weighted by Crippen LogP contribution is -2.49. The summed E-state index contributed by atoms with van der Waals surface area (Å²) in [4.78, 5) is 30.7. The van der Waals surface area contributed by atoms with Crippen molar-refractivity contribution < 1.29 is 14.1 Å². The van der Waals surface area contributed by atoms with Crippen LogP contribution in [0, 0.1) is 5.92 Å². The second-order valence-corrected chi connectivity index (χ2v) is 6.82. The predicted molar refractivity (Wildman–Crippen MR) is 80.8 cm³/mol. The van der Waals surface area contributed by atoms with Crippen molar-refractivity contribution in [3.8, 4) is 0 Å². The normalized spacial score (nSPS) is 23.7. The first kappa shape index (κ1) is 15.3. The molecule has 1 saturated heterocycles. The number of amides is 2. The fraction of sp³-hybridized carbons (Fsp3) is 0.714. The van der Waals surface area contributed by atoms with Gasteiger partial charge in [0.05, 0.1) is 11.9 Å². The summed E-state index contributed by atoms with van der Waals surface area (Å²) < 4.78 is 4.69. The number of aromatic nitrogens is 2. The van der Waals surface area contributed by atoms with E-state index in [1.54, 1.807) is 23.6 Å². The summed E-state index contributed by atoms with van der Waals surface area (Å²) in [6.07, 6.45) is 5.37. The Morgan fingerprint density at radius 1 is 1.45 bits per heavy atom. The zero-order valence-corrected chi connectivity index (χ0v) is 13.3. The molecule has 7 nitrogen and oxygen atoms in total. The summed E-state index contributed by atoms with van der Waals surface area (Å²) in [5.74, 6) is 1.77. The van der Waals surface area contributed by atoms with E-state index in [-0.39, 0.29) is 23.8 Å². The zero-order valence-electron chi connectivity index (χ0n) is 12.5. The summed E-state index contributed by atoms with van der Waals surface area (Å²) in [5.41, 5.74) is 0. The van der Waals surface area contributed by atoms with E-state index < -0.39 is 6.04 Å². The van der Waals surface area contributed by atoms with Gasteiger partial charge in [0.25, 0.3) is 0 Å². The summed E-state index contributed by atoms with van der Waals surface area (Å²) in [7, 11) is 0. The molecule has 1 aliphatic heterocycles. The molecule has 0 radical (unpaired) electrons. The van der Waals surface area contributed by atoms with Gasteiger partial charge in [-0.1, -0.05) is 18.0 Å². The molecule has 2 amide bonds. The Hall–Kier alpha value is -1.57. The number of hydrogen-bond donors (Lipinski definition) is 1. The van der Waals surface area contributed by atoms with Crippen LogP contribution in [-0.4, -0.2) is 44.5 Å². The van der Waals surface area contributed by atoms with Gasteiger partial charge in [-0.05, 0) is 19.8 Å². The van der Waals surface area contributed by atoms with Crippen LogP contribution in [0.5, 0.6) is 0 Å². The molecule has 22 heavy (non-hydrogen) atoms. The highest BCUT2D eigenvalue weighted by molar-refractivity contribution is 7.99. The fourth-order valence-corrected chi connectivity index (χ4v) is 4.19. The van der Waals surface area contributed by atoms with E-state index in [4.69, 9.17) is 0 Å². The summed E-state index contributed by atoms with van der Waals surface area (Å²) >= 11 is 1.62. The van der Waals surface area contributed by atoms with E-state index in [0.717, 1.165) is 25.7 Å². The molecular formula is C14H20N4O3S. The highest BCUT2D eigenvalue weighted by atomic mass is 32.2. The number of nitrogens with one attached hydrogen (secondary N) is 1. The third kappa shape index (κ3) is 3.11. The van der Waals surface area contributed by atoms with E-state index in [1.165, 1.54) is 6.39 Å². The van der Waals surface area contributed by atoms with Gasteiger partial charge in [0.2, 0.25) is 18.2 Å². The molecule has 1 aromatic heterocycles. The summed E-state index contributed by atoms with van der Waals surface area (Å²) in [5, 5.41) is 6.59. The predicted octanol–water partition coefficient (Wildman–Crippen LogP) is 1.34. The molecule has 1 saturated carbocycles. The number of nitrogens with zero attached hydrogens (tertiary/aromatic N) is 3. The molecule has 120 valence electrons. The Morgan fingerprint density at radius 3 is 2.91 bits per heavy atom. The quantitative estimate of drug-likeness (QED) is 0.899. The van der Waals surface area contributed by atoms with Crippen molar-refractivity contribution in [1.29, 1.82) is 0 Å². The highest BCUT2D eigenvalue weighted by Crippen LogP contribution is 2.31. The molecule has 2 aliphatic rings. The van der Waals surface area contributed by atoms with Gasteiger partial charge in [-0.3, -0.25) is 9.59 Å². The molecule has 0 spiro atoms. The highest BCUT2D eigenvalue weighted by Gasteiger charge is 2.38. The van der Waals surface area contributed by atoms with Crippen molar-refractivity contribution in [3.05, 3.63) is 12.2 Å². The maximum atomic E-state index is 12.6. The van der Waals surface area contributed by atoms with Crippen molar-refractivity contribution in [2.75, 3.05) is 11.6 Å². The van der Waals surface area contributed by atoms with Gasteiger partial charge in [0, 0.05) is 11.7 Å². The van der Waals surface area contributed by atoms with Crippen molar-refractivity contribution in [2.24, 2.45) is 5.92 Å². The largest absolute Gasteiger partial charge is 0.344 e. The third-order valence-electron chi connectivity index (χ3n) is 4.30. The Kier molecular flexibility index (Phi) is 4.66. The van der Waals surface area contributed by atoms with Gasteiger partial charge in [-0.15, -0.1) is 11.8 Å². The summed E-state index contributed by atoms with van der Waals surface area (Å²) in [6, 6.07) is -0.729. The number of thioether (sulfide) groups is 1. The van der Waals surface area contributed by atoms with Gasteiger partial charge < -0.3 is 14.7 Å². The third-order valence-corrected chi connectivity index (χ3v) is 5.31. The van der Waals surface area contributed by atoms with E-state index >= 15 is 0 Å². The first-order valence-electron chi connectivity index (χ1n) is 7.61. The molecule has 1 aromatic rings. The van der Waals surface area contributed by atoms with Crippen LogP contribution in [0.1, 0.15) is 44.5 Å². The second kappa shape index (κ2) is 6.68. The fourth-order valence-electron chi connectivity index (χ4n) is 3.03. The van der Waals surface area contributed by atoms with Crippen LogP contribution in [0.15, 0.2) is 10.9 Å². The van der Waals surface area contributed by atoms with E-state index in [1.807, 2.05) is 0 Å². The van der Waals surface area contributed by atoms with Crippen molar-refractivity contribution in [2.45, 2.75) is 44.7 Å². The van der Waals surface area contributed by atoms with E-state index in [2.05, 4.69) is 20.0 Å². The lowest BCUT2D eigenvalue weighted by molar-refractivity contribution is -0.141. The zero-order chi connectivity index (χ0) is 15.5. The van der Waals surface area contributed by atoms with Gasteiger partial charge in [0.1, 0.15) is 6.04 Å². The second-order valence-electron chi connectivity index (χ2n) is 5.82. The van der Waals surface area contributed by atoms with Gasteiger partial charge in [-0.2, -0.15) is 4.98 Å². The maximum absolute atomic E-state index is 12.6. The molecule has 2 heterocycles. The minimum absolute atomic E-state index is 0.101. The molecule has 0 aromatic carbocycles. The molecule has 8 heteroatoms. The van der Waals surface area contributed by atoms with Crippen LogP contribution < -0.4 is 5.32 Å². The van der Waals surface area contributed by atoms with Gasteiger partial charge in [-0.25, -0.2) is 0 Å². The average molecular weight is 324 g/mol. The molecule has 1 aliphatic carbocycles. The molecular weight excluding hydrogens is 304 g/mol. The van der Waals surface area contributed by atoms with Crippen LogP contribution in [0.3, 0.4) is 0 Å². The van der Waals surface area contributed by atoms with Crippen molar-refractivity contribution in [1.82, 2.24) is 20.4 Å². The molecule has 2 fully saturated rings. The minimum Gasteiger partial charge on any atom is -0.344 e. The van der Waals surface area contributed by atoms with Crippen molar-refractivity contribution in [3.63, 3.8) is 0 Å². The minimum atomic E-state index is -0.396. The van der Waals surface area contributed by atoms with Crippen LogP contribution in [0.4, 0.5) is 0 Å². The van der Waals surface area contributed by atoms with E-state index in [0.29, 0.717) is 17.5 Å². The van der Waals surface area contributed by atoms with Crippen LogP contribution >= 0.6 is 11.8 Å². The Morgan fingerprint density at radius 2 is 2.23 bits per heavy atom. The van der Waals surface area contributed by atoms with Crippen LogP contribution in [0.2, 0.25) is 0 Å². The van der Waals surface area contributed by atoms with E-state index in [9.17, 15) is 9.59 Å². The van der Waals surface area contributed by atoms with Crippen molar-refractivity contribution >= 4 is 23.6 Å². The summed E-state index contributed by atoms with van der Waals surface area (Å²) in [6.45, 7) is 1.80. The van der Waals surface area contributed by atoms with Crippen LogP contribution in [-0.2, 0) is 9.59 Å². The smallest absolute Gasteiger partial charge is 0.244 e. The monoisotopic (exact) mass is 324 g/mol. The van der Waals surface area contributed by atoms with Gasteiger partial charge >= 0.3 is 0 Å². The number of rotatable bonds is 4. The lowest BCUT2D eigenvalue weighted by atomic mass is 10.1. The Balaban J connectivity index is 1.62. The topological polar surface area (TPSA) is 88.3 Å². The standard InChI is InChI=1S/C14H20N4O3S/c1-9(12-15-7-21-17-12)16-13(19)11-6-22-8-18(11)14(20)10-4-2-3-5-10/h7,9-11H,2-6,8H2,1H3,(H,16,19)/t9-,11+/m1/s1. The lowest BCUT2D eigenvalue weighted by Gasteiger charge is -2.26. The number of hydrogen-bond acceptors (Lipinski definition) is 6. The molecule has 2 atom stereocenters. The number of carbonyl (C=O) groups excluding carboxylic acids is 2. The molecule has 0 unspecified atom stereocenters. The first-order valence-corrected chi connectivity index (χ1v) is 8.77. The first-order chi connectivity index (χ1) is 10.7.